The van der Waals surface area contributed by atoms with Gasteiger partial charge in [0.15, 0.2) is 0 Å². The number of anilines is 3. The Morgan fingerprint density at radius 3 is 1.74 bits per heavy atom. The van der Waals surface area contributed by atoms with Crippen molar-refractivity contribution < 1.29 is 4.42 Å². The van der Waals surface area contributed by atoms with E-state index >= 15 is 0 Å². The Morgan fingerprint density at radius 1 is 0.357 bits per heavy atom. The molecule has 42 heavy (non-hydrogen) atoms. The highest BCUT2D eigenvalue weighted by atomic mass is 16.3. The van der Waals surface area contributed by atoms with Gasteiger partial charge in [-0.15, -0.1) is 0 Å². The molecule has 0 saturated carbocycles. The first-order chi connectivity index (χ1) is 20.8. The minimum atomic E-state index is 0.911. The van der Waals surface area contributed by atoms with Crippen molar-refractivity contribution in [3.8, 4) is 22.3 Å². The van der Waals surface area contributed by atoms with Gasteiger partial charge >= 0.3 is 0 Å². The van der Waals surface area contributed by atoms with Crippen LogP contribution in [-0.2, 0) is 0 Å². The van der Waals surface area contributed by atoms with Crippen LogP contribution in [0.4, 0.5) is 17.1 Å². The van der Waals surface area contributed by atoms with Crippen molar-refractivity contribution in [1.29, 1.82) is 0 Å². The topological polar surface area (TPSA) is 16.4 Å². The Labute approximate surface area is 244 Å². The molecule has 0 radical (unpaired) electrons. The second kappa shape index (κ2) is 10.1. The predicted molar refractivity (Wildman–Crippen MR) is 177 cm³/mol. The second-order valence-corrected chi connectivity index (χ2v) is 10.6. The molecule has 0 aliphatic carbocycles. The first kappa shape index (κ1) is 24.2. The third-order valence-corrected chi connectivity index (χ3v) is 8.04. The maximum absolute atomic E-state index is 6.21. The quantitative estimate of drug-likeness (QED) is 0.217. The number of furan rings is 1. The Bertz CT molecular complexity index is 2180. The van der Waals surface area contributed by atoms with Crippen LogP contribution in [0.5, 0.6) is 0 Å². The van der Waals surface area contributed by atoms with Crippen molar-refractivity contribution in [3.05, 3.63) is 164 Å². The summed E-state index contributed by atoms with van der Waals surface area (Å²) in [6.07, 6.45) is 0. The smallest absolute Gasteiger partial charge is 0.136 e. The van der Waals surface area contributed by atoms with E-state index in [2.05, 4.69) is 157 Å². The summed E-state index contributed by atoms with van der Waals surface area (Å²) >= 11 is 0. The number of rotatable bonds is 5. The summed E-state index contributed by atoms with van der Waals surface area (Å²) in [7, 11) is 0. The van der Waals surface area contributed by atoms with E-state index in [1.54, 1.807) is 0 Å². The van der Waals surface area contributed by atoms with Crippen LogP contribution in [0.25, 0.3) is 55.0 Å². The molecule has 0 fully saturated rings. The molecule has 0 bridgehead atoms. The molecule has 1 aromatic heterocycles. The summed E-state index contributed by atoms with van der Waals surface area (Å²) in [4.78, 5) is 2.32. The van der Waals surface area contributed by atoms with Crippen molar-refractivity contribution in [2.45, 2.75) is 0 Å². The number of hydrogen-bond donors (Lipinski definition) is 0. The van der Waals surface area contributed by atoms with Crippen LogP contribution >= 0.6 is 0 Å². The van der Waals surface area contributed by atoms with E-state index in [0.29, 0.717) is 0 Å². The zero-order valence-corrected chi connectivity index (χ0v) is 22.9. The molecule has 0 N–H and O–H groups in total. The maximum Gasteiger partial charge on any atom is 0.136 e. The largest absolute Gasteiger partial charge is 0.456 e. The van der Waals surface area contributed by atoms with Crippen LogP contribution in [-0.4, -0.2) is 0 Å². The van der Waals surface area contributed by atoms with Gasteiger partial charge in [-0.05, 0) is 87.6 Å². The van der Waals surface area contributed by atoms with Gasteiger partial charge in [0, 0.05) is 27.8 Å². The zero-order chi connectivity index (χ0) is 27.9. The van der Waals surface area contributed by atoms with Crippen LogP contribution in [0.15, 0.2) is 168 Å². The van der Waals surface area contributed by atoms with Gasteiger partial charge in [-0.3, -0.25) is 0 Å². The van der Waals surface area contributed by atoms with Gasteiger partial charge in [0.05, 0.1) is 0 Å². The lowest BCUT2D eigenvalue weighted by Crippen LogP contribution is -2.09. The van der Waals surface area contributed by atoms with E-state index in [1.165, 1.54) is 33.0 Å². The molecule has 198 valence electrons. The SMILES string of the molecule is c1ccc(-c2cccc(-c3ccc(N(c4ccccc4)c4ccc5ccc6oc7ccccc7c6c5c4)cc3)c2)cc1. The van der Waals surface area contributed by atoms with Gasteiger partial charge in [0.1, 0.15) is 11.2 Å². The maximum atomic E-state index is 6.21. The summed E-state index contributed by atoms with van der Waals surface area (Å²) in [5, 5.41) is 4.68. The number of fused-ring (bicyclic) bond motifs is 5. The van der Waals surface area contributed by atoms with Crippen molar-refractivity contribution in [2.24, 2.45) is 0 Å². The Kier molecular flexibility index (Phi) is 5.82. The highest BCUT2D eigenvalue weighted by Gasteiger charge is 2.16. The Balaban J connectivity index is 1.24. The van der Waals surface area contributed by atoms with E-state index in [4.69, 9.17) is 4.42 Å². The summed E-state index contributed by atoms with van der Waals surface area (Å²) < 4.78 is 6.21. The fourth-order valence-electron chi connectivity index (χ4n) is 6.01. The van der Waals surface area contributed by atoms with Gasteiger partial charge in [-0.2, -0.15) is 0 Å². The molecule has 0 spiro atoms. The molecule has 8 rings (SSSR count). The van der Waals surface area contributed by atoms with Gasteiger partial charge in [-0.25, -0.2) is 0 Å². The Hall–Kier alpha value is -5.60. The fraction of sp³-hybridized carbons (Fsp3) is 0. The Morgan fingerprint density at radius 2 is 0.952 bits per heavy atom. The van der Waals surface area contributed by atoms with Crippen LogP contribution in [0.2, 0.25) is 0 Å². The molecule has 8 aromatic rings. The standard InChI is InChI=1S/C40H27NO/c1-3-10-28(11-4-1)31-12-9-13-32(26-31)29-18-22-34(23-19-29)41(33-14-5-2-6-15-33)35-24-20-30-21-25-39-40(37(30)27-35)36-16-7-8-17-38(36)42-39/h1-27H. The van der Waals surface area contributed by atoms with Crippen LogP contribution in [0.1, 0.15) is 0 Å². The highest BCUT2D eigenvalue weighted by molar-refractivity contribution is 6.19. The molecule has 0 aliphatic rings. The molecule has 0 saturated heterocycles. The molecule has 7 aromatic carbocycles. The number of para-hydroxylation sites is 2. The van der Waals surface area contributed by atoms with E-state index < -0.39 is 0 Å². The van der Waals surface area contributed by atoms with E-state index in [-0.39, 0.29) is 0 Å². The molecule has 2 nitrogen and oxygen atoms in total. The minimum Gasteiger partial charge on any atom is -0.456 e. The number of benzene rings is 7. The van der Waals surface area contributed by atoms with Crippen molar-refractivity contribution in [2.75, 3.05) is 4.90 Å². The van der Waals surface area contributed by atoms with Crippen molar-refractivity contribution in [3.63, 3.8) is 0 Å². The van der Waals surface area contributed by atoms with Gasteiger partial charge in [0.25, 0.3) is 0 Å². The average molecular weight is 538 g/mol. The normalized spacial score (nSPS) is 11.3. The lowest BCUT2D eigenvalue weighted by molar-refractivity contribution is 0.669. The van der Waals surface area contributed by atoms with E-state index in [1.807, 2.05) is 12.1 Å². The van der Waals surface area contributed by atoms with Gasteiger partial charge < -0.3 is 9.32 Å². The second-order valence-electron chi connectivity index (χ2n) is 10.6. The first-order valence-corrected chi connectivity index (χ1v) is 14.3. The van der Waals surface area contributed by atoms with Crippen LogP contribution in [0.3, 0.4) is 0 Å². The van der Waals surface area contributed by atoms with Gasteiger partial charge in [0.2, 0.25) is 0 Å². The molecule has 2 heteroatoms. The predicted octanol–water partition coefficient (Wildman–Crippen LogP) is 11.5. The van der Waals surface area contributed by atoms with Gasteiger partial charge in [-0.1, -0.05) is 109 Å². The zero-order valence-electron chi connectivity index (χ0n) is 22.9. The lowest BCUT2D eigenvalue weighted by Gasteiger charge is -2.26. The van der Waals surface area contributed by atoms with Crippen LogP contribution in [0, 0.1) is 0 Å². The molecule has 0 aliphatic heterocycles. The molecule has 0 unspecified atom stereocenters. The monoisotopic (exact) mass is 537 g/mol. The first-order valence-electron chi connectivity index (χ1n) is 14.3. The summed E-state index contributed by atoms with van der Waals surface area (Å²) in [5.41, 5.74) is 9.98. The molecule has 0 atom stereocenters. The van der Waals surface area contributed by atoms with Crippen molar-refractivity contribution >= 4 is 49.8 Å². The third kappa shape index (κ3) is 4.22. The fourth-order valence-corrected chi connectivity index (χ4v) is 6.01. The number of nitrogens with zero attached hydrogens (tertiary/aromatic N) is 1. The third-order valence-electron chi connectivity index (χ3n) is 8.04. The van der Waals surface area contributed by atoms with Crippen molar-refractivity contribution in [1.82, 2.24) is 0 Å². The molecule has 1 heterocycles. The molecular weight excluding hydrogens is 510 g/mol. The van der Waals surface area contributed by atoms with E-state index in [9.17, 15) is 0 Å². The summed E-state index contributed by atoms with van der Waals surface area (Å²) in [6, 6.07) is 58.0. The highest BCUT2D eigenvalue weighted by Crippen LogP contribution is 2.40. The average Bonchev–Trinajstić information content (AvgIpc) is 3.46. The van der Waals surface area contributed by atoms with E-state index in [0.717, 1.165) is 39.0 Å². The summed E-state index contributed by atoms with van der Waals surface area (Å²) in [6.45, 7) is 0. The minimum absolute atomic E-state index is 0.911. The summed E-state index contributed by atoms with van der Waals surface area (Å²) in [5.74, 6) is 0. The van der Waals surface area contributed by atoms with Crippen LogP contribution < -0.4 is 4.90 Å². The molecular formula is C40H27NO. The lowest BCUT2D eigenvalue weighted by atomic mass is 9.98. The number of hydrogen-bond acceptors (Lipinski definition) is 2. The molecule has 0 amide bonds.